The van der Waals surface area contributed by atoms with Gasteiger partial charge in [0.2, 0.25) is 0 Å². The summed E-state index contributed by atoms with van der Waals surface area (Å²) in [6.07, 6.45) is 0. The normalized spacial score (nSPS) is 12.3. The number of benzene rings is 1. The predicted molar refractivity (Wildman–Crippen MR) is 91.7 cm³/mol. The Morgan fingerprint density at radius 3 is 2.43 bits per heavy atom. The number of carbonyl (C=O) groups excluding carboxylic acids is 1. The second-order valence-corrected chi connectivity index (χ2v) is 12.4. The van der Waals surface area contributed by atoms with Gasteiger partial charge in [0, 0.05) is 17.3 Å². The van der Waals surface area contributed by atoms with Gasteiger partial charge < -0.3 is 9.16 Å². The molecule has 0 amide bonds. The smallest absolute Gasteiger partial charge is 0.338 e. The van der Waals surface area contributed by atoms with Gasteiger partial charge in [0.1, 0.15) is 0 Å². The zero-order valence-electron chi connectivity index (χ0n) is 13.9. The molecule has 1 rings (SSSR count). The number of rotatable bonds is 6. The number of ether oxygens (including phenoxy) is 1. The van der Waals surface area contributed by atoms with Crippen molar-refractivity contribution in [2.75, 3.05) is 19.5 Å². The van der Waals surface area contributed by atoms with E-state index < -0.39 is 8.32 Å². The highest BCUT2D eigenvalue weighted by Gasteiger charge is 2.36. The molecule has 3 nitrogen and oxygen atoms in total. The third kappa shape index (κ3) is 5.16. The maximum atomic E-state index is 11.7. The van der Waals surface area contributed by atoms with Crippen LogP contribution >= 0.6 is 11.8 Å². The lowest BCUT2D eigenvalue weighted by Crippen LogP contribution is -2.41. The molecule has 1 aromatic rings. The Labute approximate surface area is 133 Å². The fourth-order valence-electron chi connectivity index (χ4n) is 1.54. The monoisotopic (exact) mass is 326 g/mol. The first-order valence-electron chi connectivity index (χ1n) is 7.13. The summed E-state index contributed by atoms with van der Waals surface area (Å²) in [5, 5.41) is 0.224. The van der Waals surface area contributed by atoms with Crippen LogP contribution in [0.1, 0.15) is 31.1 Å². The zero-order valence-corrected chi connectivity index (χ0v) is 15.7. The van der Waals surface area contributed by atoms with Gasteiger partial charge in [-0.3, -0.25) is 0 Å². The van der Waals surface area contributed by atoms with E-state index in [0.717, 1.165) is 10.6 Å². The van der Waals surface area contributed by atoms with Crippen molar-refractivity contribution in [3.8, 4) is 0 Å². The maximum Gasteiger partial charge on any atom is 0.338 e. The molecule has 0 aromatic heterocycles. The number of methoxy groups -OCH3 is 1. The molecule has 0 heterocycles. The van der Waals surface area contributed by atoms with Crippen LogP contribution in [0.3, 0.4) is 0 Å². The van der Waals surface area contributed by atoms with Crippen LogP contribution < -0.4 is 0 Å². The Bertz CT molecular complexity index is 481. The van der Waals surface area contributed by atoms with E-state index >= 15 is 0 Å². The minimum absolute atomic E-state index is 0.224. The van der Waals surface area contributed by atoms with Crippen LogP contribution in [0.4, 0.5) is 0 Å². The third-order valence-electron chi connectivity index (χ3n) is 3.90. The van der Waals surface area contributed by atoms with Gasteiger partial charge in [-0.25, -0.2) is 4.79 Å². The SMILES string of the molecule is COC(=O)c1ccccc1SCCO[Si](C)(C)C(C)(C)C. The Hall–Kier alpha value is -0.783. The molecule has 1 aromatic carbocycles. The molecule has 0 saturated carbocycles. The van der Waals surface area contributed by atoms with E-state index in [2.05, 4.69) is 33.9 Å². The summed E-state index contributed by atoms with van der Waals surface area (Å²) < 4.78 is 10.9. The van der Waals surface area contributed by atoms with Gasteiger partial charge in [0.25, 0.3) is 0 Å². The molecule has 5 heteroatoms. The van der Waals surface area contributed by atoms with Gasteiger partial charge in [0.15, 0.2) is 8.32 Å². The van der Waals surface area contributed by atoms with E-state index in [1.807, 2.05) is 18.2 Å². The largest absolute Gasteiger partial charge is 0.465 e. The molecule has 0 fully saturated rings. The van der Waals surface area contributed by atoms with Crippen LogP contribution in [0.25, 0.3) is 0 Å². The van der Waals surface area contributed by atoms with E-state index in [0.29, 0.717) is 12.2 Å². The van der Waals surface area contributed by atoms with Crippen LogP contribution in [0, 0.1) is 0 Å². The van der Waals surface area contributed by atoms with E-state index in [1.54, 1.807) is 17.8 Å². The quantitative estimate of drug-likeness (QED) is 0.331. The van der Waals surface area contributed by atoms with Crippen molar-refractivity contribution in [1.29, 1.82) is 0 Å². The van der Waals surface area contributed by atoms with E-state index in [-0.39, 0.29) is 11.0 Å². The average Bonchev–Trinajstić information content (AvgIpc) is 2.42. The highest BCUT2D eigenvalue weighted by Crippen LogP contribution is 2.36. The van der Waals surface area contributed by atoms with Crippen LogP contribution in [-0.2, 0) is 9.16 Å². The second kappa shape index (κ2) is 7.47. The molecule has 0 saturated heterocycles. The van der Waals surface area contributed by atoms with Crippen molar-refractivity contribution in [3.05, 3.63) is 29.8 Å². The summed E-state index contributed by atoms with van der Waals surface area (Å²) in [6, 6.07) is 7.53. The Morgan fingerprint density at radius 2 is 1.86 bits per heavy atom. The van der Waals surface area contributed by atoms with Crippen molar-refractivity contribution in [2.24, 2.45) is 0 Å². The maximum absolute atomic E-state index is 11.7. The summed E-state index contributed by atoms with van der Waals surface area (Å²) in [5.41, 5.74) is 0.623. The van der Waals surface area contributed by atoms with Crippen molar-refractivity contribution in [3.63, 3.8) is 0 Å². The van der Waals surface area contributed by atoms with E-state index in [1.165, 1.54) is 7.11 Å². The molecule has 0 radical (unpaired) electrons. The number of esters is 1. The van der Waals surface area contributed by atoms with Crippen molar-refractivity contribution in [1.82, 2.24) is 0 Å². The third-order valence-corrected chi connectivity index (χ3v) is 9.48. The molecule has 0 unspecified atom stereocenters. The highest BCUT2D eigenvalue weighted by atomic mass is 32.2. The Kier molecular flexibility index (Phi) is 6.50. The number of hydrogen-bond donors (Lipinski definition) is 0. The minimum atomic E-state index is -1.69. The van der Waals surface area contributed by atoms with E-state index in [4.69, 9.17) is 9.16 Å². The molecule has 0 aliphatic carbocycles. The van der Waals surface area contributed by atoms with Crippen molar-refractivity contribution >= 4 is 26.0 Å². The summed E-state index contributed by atoms with van der Waals surface area (Å²) in [7, 11) is -0.283. The molecule has 21 heavy (non-hydrogen) atoms. The second-order valence-electron chi connectivity index (χ2n) is 6.44. The van der Waals surface area contributed by atoms with Gasteiger partial charge in [0.05, 0.1) is 12.7 Å². The predicted octanol–water partition coefficient (Wildman–Crippen LogP) is 4.59. The molecule has 0 aliphatic rings. The standard InChI is InChI=1S/C16H26O3SSi/c1-16(2,3)21(5,6)19-11-12-20-14-10-8-7-9-13(14)15(17)18-4/h7-10H,11-12H2,1-6H3. The summed E-state index contributed by atoms with van der Waals surface area (Å²) in [6.45, 7) is 11.9. The highest BCUT2D eigenvalue weighted by molar-refractivity contribution is 7.99. The molecular formula is C16H26O3SSi. The van der Waals surface area contributed by atoms with Gasteiger partial charge in [-0.2, -0.15) is 0 Å². The Morgan fingerprint density at radius 1 is 1.24 bits per heavy atom. The molecule has 0 bridgehead atoms. The zero-order chi connectivity index (χ0) is 16.1. The van der Waals surface area contributed by atoms with Crippen molar-refractivity contribution < 1.29 is 14.0 Å². The molecule has 0 aliphatic heterocycles. The fraction of sp³-hybridized carbons (Fsp3) is 0.562. The number of carbonyl (C=O) groups is 1. The number of thioether (sulfide) groups is 1. The minimum Gasteiger partial charge on any atom is -0.465 e. The molecule has 0 spiro atoms. The van der Waals surface area contributed by atoms with Gasteiger partial charge in [-0.15, -0.1) is 11.8 Å². The van der Waals surface area contributed by atoms with Crippen LogP contribution in [-0.4, -0.2) is 33.8 Å². The van der Waals surface area contributed by atoms with Crippen LogP contribution in [0.15, 0.2) is 29.2 Å². The molecular weight excluding hydrogens is 300 g/mol. The Balaban J connectivity index is 2.56. The first kappa shape index (κ1) is 18.3. The summed E-state index contributed by atoms with van der Waals surface area (Å²) >= 11 is 1.64. The lowest BCUT2D eigenvalue weighted by molar-refractivity contribution is 0.0597. The van der Waals surface area contributed by atoms with Crippen LogP contribution in [0.2, 0.25) is 18.1 Å². The van der Waals surface area contributed by atoms with E-state index in [9.17, 15) is 4.79 Å². The lowest BCUT2D eigenvalue weighted by Gasteiger charge is -2.36. The summed E-state index contributed by atoms with van der Waals surface area (Å²) in [5.74, 6) is 0.545. The molecule has 0 N–H and O–H groups in total. The lowest BCUT2D eigenvalue weighted by atomic mass is 10.2. The molecule has 0 atom stereocenters. The summed E-state index contributed by atoms with van der Waals surface area (Å²) in [4.78, 5) is 12.6. The molecule has 118 valence electrons. The first-order chi connectivity index (χ1) is 9.69. The van der Waals surface area contributed by atoms with Gasteiger partial charge in [-0.1, -0.05) is 32.9 Å². The van der Waals surface area contributed by atoms with Gasteiger partial charge in [-0.05, 0) is 30.3 Å². The first-order valence-corrected chi connectivity index (χ1v) is 11.0. The topological polar surface area (TPSA) is 35.5 Å². The van der Waals surface area contributed by atoms with Crippen molar-refractivity contribution in [2.45, 2.75) is 43.8 Å². The fourth-order valence-corrected chi connectivity index (χ4v) is 3.60. The number of hydrogen-bond acceptors (Lipinski definition) is 4. The average molecular weight is 327 g/mol. The van der Waals surface area contributed by atoms with Crippen LogP contribution in [0.5, 0.6) is 0 Å². The van der Waals surface area contributed by atoms with Gasteiger partial charge >= 0.3 is 5.97 Å².